The second-order valence-corrected chi connectivity index (χ2v) is 5.40. The average Bonchev–Trinajstić information content (AvgIpc) is 2.33. The highest BCUT2D eigenvalue weighted by Crippen LogP contribution is 2.23. The van der Waals surface area contributed by atoms with Gasteiger partial charge in [0.15, 0.2) is 11.6 Å². The number of rotatable bonds is 3. The van der Waals surface area contributed by atoms with E-state index in [2.05, 4.69) is 0 Å². The summed E-state index contributed by atoms with van der Waals surface area (Å²) in [5, 5.41) is 0. The van der Waals surface area contributed by atoms with Crippen molar-refractivity contribution in [1.82, 2.24) is 0 Å². The van der Waals surface area contributed by atoms with E-state index < -0.39 is 44.7 Å². The molecular formula is C13H9F4NOS. The van der Waals surface area contributed by atoms with E-state index >= 15 is 0 Å². The van der Waals surface area contributed by atoms with E-state index in [1.54, 1.807) is 0 Å². The smallest absolute Gasteiger partial charge is 0.162 e. The first kappa shape index (κ1) is 14.5. The Bertz CT molecular complexity index is 667. The molecular weight excluding hydrogens is 294 g/mol. The monoisotopic (exact) mass is 303 g/mol. The molecule has 2 rings (SSSR count). The molecule has 0 spiro atoms. The van der Waals surface area contributed by atoms with Gasteiger partial charge in [-0.2, -0.15) is 0 Å². The molecule has 0 heterocycles. The zero-order valence-corrected chi connectivity index (χ0v) is 10.8. The summed E-state index contributed by atoms with van der Waals surface area (Å²) in [5.74, 6) is -5.01. The van der Waals surface area contributed by atoms with Gasteiger partial charge in [-0.05, 0) is 18.2 Å². The third-order valence-corrected chi connectivity index (χ3v) is 3.98. The van der Waals surface area contributed by atoms with Gasteiger partial charge in [-0.3, -0.25) is 4.21 Å². The number of halogens is 4. The highest BCUT2D eigenvalue weighted by molar-refractivity contribution is 7.84. The third kappa shape index (κ3) is 2.82. The molecule has 2 N–H and O–H groups in total. The fourth-order valence-electron chi connectivity index (χ4n) is 1.67. The van der Waals surface area contributed by atoms with Gasteiger partial charge in [-0.25, -0.2) is 17.6 Å². The van der Waals surface area contributed by atoms with Crippen molar-refractivity contribution < 1.29 is 21.8 Å². The van der Waals surface area contributed by atoms with Gasteiger partial charge < -0.3 is 5.73 Å². The highest BCUT2D eigenvalue weighted by Gasteiger charge is 2.19. The van der Waals surface area contributed by atoms with Crippen molar-refractivity contribution in [2.24, 2.45) is 0 Å². The number of hydrogen-bond acceptors (Lipinski definition) is 2. The van der Waals surface area contributed by atoms with Crippen LogP contribution in [0.4, 0.5) is 23.2 Å². The Morgan fingerprint density at radius 2 is 1.60 bits per heavy atom. The summed E-state index contributed by atoms with van der Waals surface area (Å²) >= 11 is 0. The van der Waals surface area contributed by atoms with Gasteiger partial charge in [-0.1, -0.05) is 12.1 Å². The Morgan fingerprint density at radius 3 is 2.20 bits per heavy atom. The van der Waals surface area contributed by atoms with E-state index in [4.69, 9.17) is 5.73 Å². The summed E-state index contributed by atoms with van der Waals surface area (Å²) in [7, 11) is -2.20. The van der Waals surface area contributed by atoms with Gasteiger partial charge in [0, 0.05) is 11.3 Å². The minimum absolute atomic E-state index is 0.155. The number of nitrogens with two attached hydrogens (primary N) is 1. The minimum Gasteiger partial charge on any atom is -0.399 e. The van der Waals surface area contributed by atoms with Crippen molar-refractivity contribution >= 4 is 16.5 Å². The molecule has 106 valence electrons. The summed E-state index contributed by atoms with van der Waals surface area (Å²) < 4.78 is 65.5. The van der Waals surface area contributed by atoms with Gasteiger partial charge in [0.1, 0.15) is 16.5 Å². The van der Waals surface area contributed by atoms with Crippen LogP contribution in [0.15, 0.2) is 35.2 Å². The van der Waals surface area contributed by atoms with Crippen LogP contribution in [0.2, 0.25) is 0 Å². The molecule has 2 nitrogen and oxygen atoms in total. The Morgan fingerprint density at radius 1 is 1.00 bits per heavy atom. The third-order valence-electron chi connectivity index (χ3n) is 2.57. The Kier molecular flexibility index (Phi) is 4.08. The molecule has 0 saturated heterocycles. The lowest BCUT2D eigenvalue weighted by atomic mass is 10.2. The van der Waals surface area contributed by atoms with Gasteiger partial charge >= 0.3 is 0 Å². The number of benzene rings is 2. The lowest BCUT2D eigenvalue weighted by molar-refractivity contribution is 0.501. The van der Waals surface area contributed by atoms with E-state index in [1.165, 1.54) is 12.1 Å². The summed E-state index contributed by atoms with van der Waals surface area (Å²) in [5.41, 5.74) is 4.86. The molecule has 1 unspecified atom stereocenters. The molecule has 20 heavy (non-hydrogen) atoms. The van der Waals surface area contributed by atoms with Crippen LogP contribution in [0.1, 0.15) is 5.56 Å². The predicted octanol–water partition coefficient (Wildman–Crippen LogP) is 3.13. The molecule has 2 aromatic rings. The van der Waals surface area contributed by atoms with Crippen molar-refractivity contribution in [3.8, 4) is 0 Å². The number of nitrogen functional groups attached to an aromatic ring is 1. The largest absolute Gasteiger partial charge is 0.399 e. The summed E-state index contributed by atoms with van der Waals surface area (Å²) in [6, 6.07) is 4.95. The van der Waals surface area contributed by atoms with Crippen LogP contribution in [0.25, 0.3) is 0 Å². The first-order valence-electron chi connectivity index (χ1n) is 5.46. The van der Waals surface area contributed by atoms with Crippen LogP contribution in [0.3, 0.4) is 0 Å². The molecule has 0 amide bonds. The molecule has 0 radical (unpaired) electrons. The van der Waals surface area contributed by atoms with Crippen LogP contribution in [0, 0.1) is 23.3 Å². The Labute approximate surface area is 114 Å². The van der Waals surface area contributed by atoms with Crippen LogP contribution >= 0.6 is 0 Å². The maximum Gasteiger partial charge on any atom is 0.162 e. The average molecular weight is 303 g/mol. The van der Waals surface area contributed by atoms with Gasteiger partial charge in [0.05, 0.1) is 16.6 Å². The van der Waals surface area contributed by atoms with E-state index in [0.717, 1.165) is 18.2 Å². The molecule has 2 aromatic carbocycles. The highest BCUT2D eigenvalue weighted by atomic mass is 32.2. The van der Waals surface area contributed by atoms with Crippen LogP contribution in [-0.4, -0.2) is 4.21 Å². The van der Waals surface area contributed by atoms with E-state index in [-0.39, 0.29) is 11.3 Å². The van der Waals surface area contributed by atoms with Crippen molar-refractivity contribution in [2.45, 2.75) is 10.6 Å². The minimum atomic E-state index is -2.20. The van der Waals surface area contributed by atoms with Crippen molar-refractivity contribution in [3.63, 3.8) is 0 Å². The van der Waals surface area contributed by atoms with E-state index in [9.17, 15) is 21.8 Å². The normalized spacial score (nSPS) is 12.4. The second kappa shape index (κ2) is 5.62. The summed E-state index contributed by atoms with van der Waals surface area (Å²) in [6.45, 7) is 0. The van der Waals surface area contributed by atoms with Gasteiger partial charge in [-0.15, -0.1) is 0 Å². The molecule has 0 aliphatic carbocycles. The zero-order chi connectivity index (χ0) is 14.9. The first-order chi connectivity index (χ1) is 9.40. The topological polar surface area (TPSA) is 43.1 Å². The first-order valence-corrected chi connectivity index (χ1v) is 6.78. The number of anilines is 1. The van der Waals surface area contributed by atoms with Crippen molar-refractivity contribution in [3.05, 3.63) is 59.2 Å². The van der Waals surface area contributed by atoms with Crippen molar-refractivity contribution in [1.29, 1.82) is 0 Å². The molecule has 0 saturated carbocycles. The Balaban J connectivity index is 2.36. The molecule has 0 fully saturated rings. The summed E-state index contributed by atoms with van der Waals surface area (Å²) in [4.78, 5) is -0.706. The predicted molar refractivity (Wildman–Crippen MR) is 67.2 cm³/mol. The second-order valence-electron chi connectivity index (χ2n) is 4.02. The van der Waals surface area contributed by atoms with Gasteiger partial charge in [0.25, 0.3) is 0 Å². The van der Waals surface area contributed by atoms with Crippen LogP contribution < -0.4 is 5.73 Å². The lowest BCUT2D eigenvalue weighted by Crippen LogP contribution is -2.06. The zero-order valence-electron chi connectivity index (χ0n) is 10.00. The van der Waals surface area contributed by atoms with Crippen LogP contribution in [0.5, 0.6) is 0 Å². The molecule has 0 bridgehead atoms. The fraction of sp³-hybridized carbons (Fsp3) is 0.0769. The molecule has 1 atom stereocenters. The SMILES string of the molecule is Nc1cc(F)c(S(=O)Cc2cccc(F)c2F)c(F)c1. The maximum absolute atomic E-state index is 13.6. The summed E-state index contributed by atoms with van der Waals surface area (Å²) in [6.07, 6.45) is 0. The fourth-order valence-corrected chi connectivity index (χ4v) is 2.87. The molecule has 0 aliphatic heterocycles. The van der Waals surface area contributed by atoms with E-state index in [0.29, 0.717) is 0 Å². The standard InChI is InChI=1S/C13H9F4NOS/c14-9-3-1-2-7(12(9)17)6-20(19)13-10(15)4-8(18)5-11(13)16/h1-5H,6,18H2. The molecule has 7 heteroatoms. The Hall–Kier alpha value is -1.89. The maximum atomic E-state index is 13.6. The van der Waals surface area contributed by atoms with Gasteiger partial charge in [0.2, 0.25) is 0 Å². The molecule has 0 aromatic heterocycles. The van der Waals surface area contributed by atoms with Crippen LogP contribution in [-0.2, 0) is 16.6 Å². The lowest BCUT2D eigenvalue weighted by Gasteiger charge is -2.07. The molecule has 0 aliphatic rings. The van der Waals surface area contributed by atoms with E-state index in [1.807, 2.05) is 0 Å². The number of hydrogen-bond donors (Lipinski definition) is 1. The van der Waals surface area contributed by atoms with Crippen molar-refractivity contribution in [2.75, 3.05) is 5.73 Å². The quantitative estimate of drug-likeness (QED) is 0.699.